The van der Waals surface area contributed by atoms with E-state index < -0.39 is 29.9 Å². The highest BCUT2D eigenvalue weighted by atomic mass is 19.1. The molecule has 7 heteroatoms. The number of hydrogen-bond acceptors (Lipinski definition) is 5. The van der Waals surface area contributed by atoms with E-state index in [4.69, 9.17) is 9.57 Å². The van der Waals surface area contributed by atoms with Crippen LogP contribution in [0.1, 0.15) is 44.5 Å². The molecule has 0 saturated carbocycles. The number of alkyl halides is 1. The Balaban J connectivity index is 1.98. The monoisotopic (exact) mass is 352 g/mol. The summed E-state index contributed by atoms with van der Waals surface area (Å²) in [5.41, 5.74) is -0.258. The number of benzene rings is 1. The van der Waals surface area contributed by atoms with Gasteiger partial charge in [0.2, 0.25) is 0 Å². The molecule has 0 aromatic heterocycles. The minimum absolute atomic E-state index is 0.0557. The molecule has 25 heavy (non-hydrogen) atoms. The fourth-order valence-electron chi connectivity index (χ4n) is 2.55. The van der Waals surface area contributed by atoms with Crippen LogP contribution >= 0.6 is 0 Å². The molecule has 1 heterocycles. The van der Waals surface area contributed by atoms with E-state index in [1.807, 2.05) is 0 Å². The van der Waals surface area contributed by atoms with Gasteiger partial charge in [-0.25, -0.2) is 14.0 Å². The highest BCUT2D eigenvalue weighted by Gasteiger charge is 2.37. The number of nitrogens with zero attached hydrogens (tertiary/aromatic N) is 1. The van der Waals surface area contributed by atoms with E-state index in [-0.39, 0.29) is 19.0 Å². The summed E-state index contributed by atoms with van der Waals surface area (Å²) in [6.07, 6.45) is -1.79. The van der Waals surface area contributed by atoms with Crippen LogP contribution in [-0.4, -0.2) is 47.5 Å². The lowest BCUT2D eigenvalue weighted by Gasteiger charge is -2.38. The van der Waals surface area contributed by atoms with E-state index in [1.165, 1.54) is 5.06 Å². The summed E-state index contributed by atoms with van der Waals surface area (Å²) in [7, 11) is 0. The van der Waals surface area contributed by atoms with Gasteiger partial charge in [0.05, 0.1) is 18.2 Å². The first kappa shape index (κ1) is 19.2. The SMILES string of the molecule is C[C@H]1C[C@H](F)C(NC(=O)OC(C)(C)C)CN1OC(=O)c1ccccc1. The Morgan fingerprint density at radius 1 is 1.24 bits per heavy atom. The molecule has 6 nitrogen and oxygen atoms in total. The molecule has 3 atom stereocenters. The number of alkyl carbamates (subject to hydrolysis) is 1. The van der Waals surface area contributed by atoms with Gasteiger partial charge < -0.3 is 14.9 Å². The Morgan fingerprint density at radius 3 is 2.48 bits per heavy atom. The van der Waals surface area contributed by atoms with E-state index >= 15 is 0 Å². The molecule has 1 saturated heterocycles. The smallest absolute Gasteiger partial charge is 0.408 e. The Bertz CT molecular complexity index is 603. The standard InChI is InChI=1S/C18H25FN2O4/c1-12-10-14(19)15(20-17(23)24-18(2,3)4)11-21(12)25-16(22)13-8-6-5-7-9-13/h5-9,12,14-15H,10-11H2,1-4H3,(H,20,23)/t12-,14-,15?/m0/s1. The van der Waals surface area contributed by atoms with Crippen molar-refractivity contribution in [2.45, 2.75) is 58.0 Å². The number of carbonyl (C=O) groups excluding carboxylic acids is 2. The quantitative estimate of drug-likeness (QED) is 0.905. The molecule has 2 rings (SSSR count). The molecule has 138 valence electrons. The van der Waals surface area contributed by atoms with Crippen molar-refractivity contribution in [3.63, 3.8) is 0 Å². The van der Waals surface area contributed by atoms with E-state index in [1.54, 1.807) is 58.0 Å². The molecule has 1 aliphatic rings. The van der Waals surface area contributed by atoms with E-state index in [9.17, 15) is 14.0 Å². The van der Waals surface area contributed by atoms with Crippen LogP contribution in [-0.2, 0) is 9.57 Å². The minimum atomic E-state index is -1.24. The average Bonchev–Trinajstić information content (AvgIpc) is 2.51. The van der Waals surface area contributed by atoms with Crippen molar-refractivity contribution in [3.05, 3.63) is 35.9 Å². The third kappa shape index (κ3) is 5.70. The fraction of sp³-hybridized carbons (Fsp3) is 0.556. The van der Waals surface area contributed by atoms with Gasteiger partial charge in [-0.1, -0.05) is 18.2 Å². The maximum Gasteiger partial charge on any atom is 0.408 e. The van der Waals surface area contributed by atoms with Crippen LogP contribution in [0.2, 0.25) is 0 Å². The molecule has 1 aromatic rings. The van der Waals surface area contributed by atoms with Crippen LogP contribution in [0.3, 0.4) is 0 Å². The summed E-state index contributed by atoms with van der Waals surface area (Å²) in [6.45, 7) is 7.03. The van der Waals surface area contributed by atoms with Crippen LogP contribution in [0.25, 0.3) is 0 Å². The number of hydroxylamine groups is 2. The highest BCUT2D eigenvalue weighted by molar-refractivity contribution is 5.89. The maximum absolute atomic E-state index is 14.3. The van der Waals surface area contributed by atoms with Crippen molar-refractivity contribution >= 4 is 12.1 Å². The Hall–Kier alpha value is -2.15. The summed E-state index contributed by atoms with van der Waals surface area (Å²) in [5.74, 6) is -0.513. The Morgan fingerprint density at radius 2 is 1.88 bits per heavy atom. The van der Waals surface area contributed by atoms with Gasteiger partial charge in [-0.3, -0.25) is 0 Å². The number of nitrogens with one attached hydrogen (secondary N) is 1. The van der Waals surface area contributed by atoms with Crippen LogP contribution in [0.4, 0.5) is 9.18 Å². The normalized spacial score (nSPS) is 24.4. The maximum atomic E-state index is 14.3. The van der Waals surface area contributed by atoms with Gasteiger partial charge in [0.1, 0.15) is 11.8 Å². The molecule has 1 amide bonds. The largest absolute Gasteiger partial charge is 0.444 e. The molecular weight excluding hydrogens is 327 g/mol. The second-order valence-electron chi connectivity index (χ2n) is 7.20. The third-order valence-electron chi connectivity index (χ3n) is 3.78. The predicted molar refractivity (Wildman–Crippen MR) is 90.7 cm³/mol. The molecular formula is C18H25FN2O4. The molecule has 1 aromatic carbocycles. The molecule has 1 fully saturated rings. The second-order valence-corrected chi connectivity index (χ2v) is 7.20. The second kappa shape index (κ2) is 7.82. The summed E-state index contributed by atoms with van der Waals surface area (Å²) in [6, 6.07) is 7.46. The fourth-order valence-corrected chi connectivity index (χ4v) is 2.55. The van der Waals surface area contributed by atoms with Crippen LogP contribution < -0.4 is 5.32 Å². The van der Waals surface area contributed by atoms with Crippen LogP contribution in [0.5, 0.6) is 0 Å². The van der Waals surface area contributed by atoms with Gasteiger partial charge in [0.15, 0.2) is 0 Å². The zero-order valence-corrected chi connectivity index (χ0v) is 15.0. The lowest BCUT2D eigenvalue weighted by molar-refractivity contribution is -0.161. The summed E-state index contributed by atoms with van der Waals surface area (Å²) in [5, 5.41) is 3.93. The van der Waals surface area contributed by atoms with Gasteiger partial charge in [-0.15, -0.1) is 5.06 Å². The number of halogens is 1. The summed E-state index contributed by atoms with van der Waals surface area (Å²) < 4.78 is 19.4. The van der Waals surface area contributed by atoms with Crippen molar-refractivity contribution in [1.29, 1.82) is 0 Å². The number of rotatable bonds is 3. The number of carbonyl (C=O) groups is 2. The molecule has 1 N–H and O–H groups in total. The van der Waals surface area contributed by atoms with Gasteiger partial charge in [-0.05, 0) is 46.2 Å². The lowest BCUT2D eigenvalue weighted by Crippen LogP contribution is -2.57. The Labute approximate surface area is 147 Å². The first-order chi connectivity index (χ1) is 11.7. The molecule has 0 aliphatic carbocycles. The first-order valence-corrected chi connectivity index (χ1v) is 8.33. The first-order valence-electron chi connectivity index (χ1n) is 8.33. The molecule has 1 aliphatic heterocycles. The molecule has 0 bridgehead atoms. The Kier molecular flexibility index (Phi) is 6.00. The van der Waals surface area contributed by atoms with Gasteiger partial charge >= 0.3 is 12.1 Å². The van der Waals surface area contributed by atoms with Crippen LogP contribution in [0, 0.1) is 0 Å². The molecule has 1 unspecified atom stereocenters. The average molecular weight is 352 g/mol. The van der Waals surface area contributed by atoms with E-state index in [0.29, 0.717) is 5.56 Å². The third-order valence-corrected chi connectivity index (χ3v) is 3.78. The number of amides is 1. The minimum Gasteiger partial charge on any atom is -0.444 e. The predicted octanol–water partition coefficient (Wildman–Crippen LogP) is 3.08. The highest BCUT2D eigenvalue weighted by Crippen LogP contribution is 2.22. The van der Waals surface area contributed by atoms with Crippen molar-refractivity contribution in [2.75, 3.05) is 6.54 Å². The van der Waals surface area contributed by atoms with Crippen molar-refractivity contribution in [3.8, 4) is 0 Å². The zero-order chi connectivity index (χ0) is 18.6. The van der Waals surface area contributed by atoms with Crippen molar-refractivity contribution < 1.29 is 23.6 Å². The molecule has 0 radical (unpaired) electrons. The van der Waals surface area contributed by atoms with Crippen molar-refractivity contribution in [2.24, 2.45) is 0 Å². The lowest BCUT2D eigenvalue weighted by atomic mass is 9.99. The van der Waals surface area contributed by atoms with E-state index in [0.717, 1.165) is 0 Å². The van der Waals surface area contributed by atoms with Gasteiger partial charge in [0, 0.05) is 6.04 Å². The van der Waals surface area contributed by atoms with Crippen LogP contribution in [0.15, 0.2) is 30.3 Å². The van der Waals surface area contributed by atoms with E-state index in [2.05, 4.69) is 5.32 Å². The molecule has 0 spiro atoms. The number of hydrogen-bond donors (Lipinski definition) is 1. The summed E-state index contributed by atoms with van der Waals surface area (Å²) in [4.78, 5) is 29.5. The number of ether oxygens (including phenoxy) is 1. The van der Waals surface area contributed by atoms with Crippen molar-refractivity contribution in [1.82, 2.24) is 10.4 Å². The zero-order valence-electron chi connectivity index (χ0n) is 15.0. The number of piperidine rings is 1. The summed E-state index contributed by atoms with van der Waals surface area (Å²) >= 11 is 0. The van der Waals surface area contributed by atoms with Gasteiger partial charge in [-0.2, -0.15) is 0 Å². The van der Waals surface area contributed by atoms with Gasteiger partial charge in [0.25, 0.3) is 0 Å². The topological polar surface area (TPSA) is 67.9 Å².